The highest BCUT2D eigenvalue weighted by atomic mass is 16.6. The van der Waals surface area contributed by atoms with E-state index in [0.29, 0.717) is 5.56 Å². The zero-order chi connectivity index (χ0) is 17.0. The summed E-state index contributed by atoms with van der Waals surface area (Å²) >= 11 is 0. The molecule has 0 fully saturated rings. The lowest BCUT2D eigenvalue weighted by Crippen LogP contribution is -2.41. The molecule has 2 amide bonds. The van der Waals surface area contributed by atoms with Gasteiger partial charge in [-0.3, -0.25) is 35.3 Å². The molecule has 9 nitrogen and oxygen atoms in total. The lowest BCUT2D eigenvalue weighted by molar-refractivity contribution is -0.384. The molecular weight excluding hydrogens is 304 g/mol. The van der Waals surface area contributed by atoms with Gasteiger partial charge >= 0.3 is 0 Å². The Balaban J connectivity index is 1.96. The first-order valence-electron chi connectivity index (χ1n) is 6.43. The van der Waals surface area contributed by atoms with Crippen LogP contribution in [0, 0.1) is 10.1 Å². The molecule has 1 heterocycles. The first kappa shape index (κ1) is 15.9. The van der Waals surface area contributed by atoms with Crippen molar-refractivity contribution in [3.05, 3.63) is 63.5 Å². The van der Waals surface area contributed by atoms with Gasteiger partial charge in [0, 0.05) is 29.5 Å². The number of Topliss-reactive ketones (excluding diaryl/α,β-unsaturated/α-hetero) is 1. The molecule has 2 rings (SSSR count). The molecule has 0 saturated carbocycles. The molecule has 1 aromatic heterocycles. The summed E-state index contributed by atoms with van der Waals surface area (Å²) in [4.78, 5) is 47.3. The lowest BCUT2D eigenvalue weighted by atomic mass is 10.2. The number of hydrazine groups is 1. The third kappa shape index (κ3) is 3.79. The second kappa shape index (κ2) is 6.52. The van der Waals surface area contributed by atoms with Crippen molar-refractivity contribution in [2.45, 2.75) is 6.92 Å². The Morgan fingerprint density at radius 1 is 1.04 bits per heavy atom. The summed E-state index contributed by atoms with van der Waals surface area (Å²) in [5, 5.41) is 10.5. The van der Waals surface area contributed by atoms with Crippen LogP contribution in [0.25, 0.3) is 0 Å². The Hall–Kier alpha value is -3.49. The van der Waals surface area contributed by atoms with E-state index in [-0.39, 0.29) is 22.7 Å². The highest BCUT2D eigenvalue weighted by Gasteiger charge is 2.13. The van der Waals surface area contributed by atoms with Gasteiger partial charge in [0.05, 0.1) is 4.92 Å². The number of amides is 2. The van der Waals surface area contributed by atoms with Gasteiger partial charge in [0.25, 0.3) is 17.5 Å². The van der Waals surface area contributed by atoms with Gasteiger partial charge in [-0.15, -0.1) is 0 Å². The van der Waals surface area contributed by atoms with Crippen LogP contribution < -0.4 is 10.9 Å². The average molecular weight is 316 g/mol. The maximum Gasteiger partial charge on any atom is 0.286 e. The molecule has 9 heteroatoms. The number of nitrogens with one attached hydrogen (secondary N) is 3. The van der Waals surface area contributed by atoms with E-state index in [1.54, 1.807) is 0 Å². The van der Waals surface area contributed by atoms with Crippen molar-refractivity contribution in [3.8, 4) is 0 Å². The lowest BCUT2D eigenvalue weighted by Gasteiger charge is -2.06. The molecule has 0 bridgehead atoms. The number of carbonyl (C=O) groups is 3. The number of nitro groups is 1. The fourth-order valence-corrected chi connectivity index (χ4v) is 1.72. The number of rotatable bonds is 4. The number of hydrogen-bond donors (Lipinski definition) is 3. The van der Waals surface area contributed by atoms with Crippen molar-refractivity contribution in [1.29, 1.82) is 0 Å². The van der Waals surface area contributed by atoms with Gasteiger partial charge in [-0.25, -0.2) is 0 Å². The summed E-state index contributed by atoms with van der Waals surface area (Å²) < 4.78 is 0. The van der Waals surface area contributed by atoms with Crippen LogP contribution in [0.2, 0.25) is 0 Å². The predicted octanol–water partition coefficient (Wildman–Crippen LogP) is 1.20. The van der Waals surface area contributed by atoms with Crippen LogP contribution in [0.4, 0.5) is 5.69 Å². The molecule has 118 valence electrons. The number of non-ortho nitro benzene ring substituents is 1. The van der Waals surface area contributed by atoms with Crippen molar-refractivity contribution in [1.82, 2.24) is 15.8 Å². The van der Waals surface area contributed by atoms with E-state index < -0.39 is 16.7 Å². The largest absolute Gasteiger partial charge is 0.356 e. The number of hydrogen-bond acceptors (Lipinski definition) is 5. The Kier molecular flexibility index (Phi) is 4.50. The summed E-state index contributed by atoms with van der Waals surface area (Å²) in [5.41, 5.74) is 4.80. The molecule has 0 aliphatic heterocycles. The van der Waals surface area contributed by atoms with Gasteiger partial charge in [0.2, 0.25) is 0 Å². The van der Waals surface area contributed by atoms with Crippen molar-refractivity contribution in [2.24, 2.45) is 0 Å². The Bertz CT molecular complexity index is 779. The minimum Gasteiger partial charge on any atom is -0.356 e. The number of benzene rings is 1. The summed E-state index contributed by atoms with van der Waals surface area (Å²) in [5.74, 6) is -1.46. The van der Waals surface area contributed by atoms with E-state index in [2.05, 4.69) is 15.8 Å². The number of H-pyrrole nitrogens is 1. The molecule has 0 radical (unpaired) electrons. The van der Waals surface area contributed by atoms with Crippen LogP contribution >= 0.6 is 0 Å². The fraction of sp³-hybridized carbons (Fsp3) is 0.0714. The van der Waals surface area contributed by atoms with Gasteiger partial charge < -0.3 is 4.98 Å². The topological polar surface area (TPSA) is 134 Å². The summed E-state index contributed by atoms with van der Waals surface area (Å²) in [6.45, 7) is 1.36. The number of carbonyl (C=O) groups excluding carboxylic acids is 3. The molecule has 0 saturated heterocycles. The summed E-state index contributed by atoms with van der Waals surface area (Å²) in [7, 11) is 0. The Morgan fingerprint density at radius 3 is 2.17 bits per heavy atom. The molecule has 0 aliphatic rings. The summed E-state index contributed by atoms with van der Waals surface area (Å²) in [6, 6.07) is 6.25. The zero-order valence-corrected chi connectivity index (χ0v) is 12.0. The second-order valence-corrected chi connectivity index (χ2v) is 4.57. The number of ketones is 1. The molecule has 1 aromatic carbocycles. The predicted molar refractivity (Wildman–Crippen MR) is 78.8 cm³/mol. The average Bonchev–Trinajstić information content (AvgIpc) is 3.02. The maximum absolute atomic E-state index is 11.8. The summed E-state index contributed by atoms with van der Waals surface area (Å²) in [6.07, 6.45) is 1.38. The zero-order valence-electron chi connectivity index (χ0n) is 12.0. The van der Waals surface area contributed by atoms with Crippen LogP contribution in [-0.4, -0.2) is 27.5 Å². The SMILES string of the molecule is CC(=O)c1c[nH]c(C(=O)NNC(=O)c2ccc([N+](=O)[O-])cc2)c1. The molecule has 0 atom stereocenters. The smallest absolute Gasteiger partial charge is 0.286 e. The van der Waals surface area contributed by atoms with Crippen molar-refractivity contribution >= 4 is 23.3 Å². The third-order valence-electron chi connectivity index (χ3n) is 2.96. The second-order valence-electron chi connectivity index (χ2n) is 4.57. The van der Waals surface area contributed by atoms with Gasteiger partial charge in [0.15, 0.2) is 5.78 Å². The van der Waals surface area contributed by atoms with Crippen LogP contribution in [-0.2, 0) is 0 Å². The molecule has 2 aromatic rings. The van der Waals surface area contributed by atoms with Crippen molar-refractivity contribution < 1.29 is 19.3 Å². The molecule has 0 aliphatic carbocycles. The first-order chi connectivity index (χ1) is 10.9. The van der Waals surface area contributed by atoms with E-state index in [1.807, 2.05) is 0 Å². The highest BCUT2D eigenvalue weighted by Crippen LogP contribution is 2.11. The minimum atomic E-state index is -0.633. The maximum atomic E-state index is 11.8. The number of aromatic nitrogens is 1. The Morgan fingerprint density at radius 2 is 1.65 bits per heavy atom. The van der Waals surface area contributed by atoms with Crippen LogP contribution in [0.15, 0.2) is 36.5 Å². The standard InChI is InChI=1S/C14H12N4O5/c1-8(19)10-6-12(15-7-10)14(21)17-16-13(20)9-2-4-11(5-3-9)18(22)23/h2-7,15H,1H3,(H,16,20)(H,17,21). The quantitative estimate of drug-likeness (QED) is 0.442. The van der Waals surface area contributed by atoms with Gasteiger partial charge in [-0.05, 0) is 25.1 Å². The van der Waals surface area contributed by atoms with Gasteiger partial charge in [-0.1, -0.05) is 0 Å². The van der Waals surface area contributed by atoms with E-state index in [0.717, 1.165) is 0 Å². The van der Waals surface area contributed by atoms with E-state index >= 15 is 0 Å². The van der Waals surface area contributed by atoms with Crippen LogP contribution in [0.3, 0.4) is 0 Å². The van der Waals surface area contributed by atoms with Gasteiger partial charge in [0.1, 0.15) is 5.69 Å². The minimum absolute atomic E-state index is 0.110. The van der Waals surface area contributed by atoms with Crippen LogP contribution in [0.1, 0.15) is 38.1 Å². The fourth-order valence-electron chi connectivity index (χ4n) is 1.72. The number of nitrogens with zero attached hydrogens (tertiary/aromatic N) is 1. The number of nitro benzene ring substituents is 1. The molecule has 23 heavy (non-hydrogen) atoms. The van der Waals surface area contributed by atoms with Crippen molar-refractivity contribution in [2.75, 3.05) is 0 Å². The van der Waals surface area contributed by atoms with E-state index in [1.165, 1.54) is 43.5 Å². The van der Waals surface area contributed by atoms with Crippen LogP contribution in [0.5, 0.6) is 0 Å². The van der Waals surface area contributed by atoms with Crippen molar-refractivity contribution in [3.63, 3.8) is 0 Å². The first-order valence-corrected chi connectivity index (χ1v) is 6.43. The molecular formula is C14H12N4O5. The number of aromatic amines is 1. The monoisotopic (exact) mass is 316 g/mol. The Labute approximate surface area is 129 Å². The van der Waals surface area contributed by atoms with E-state index in [9.17, 15) is 24.5 Å². The highest BCUT2D eigenvalue weighted by molar-refractivity contribution is 6.01. The third-order valence-corrected chi connectivity index (χ3v) is 2.96. The molecule has 0 spiro atoms. The van der Waals surface area contributed by atoms with E-state index in [4.69, 9.17) is 0 Å². The molecule has 0 unspecified atom stereocenters. The van der Waals surface area contributed by atoms with Gasteiger partial charge in [-0.2, -0.15) is 0 Å². The normalized spacial score (nSPS) is 9.96. The molecule has 3 N–H and O–H groups in total.